The predicted molar refractivity (Wildman–Crippen MR) is 125 cm³/mol. The van der Waals surface area contributed by atoms with E-state index >= 15 is 0 Å². The molecule has 168 valence electrons. The number of rotatable bonds is 6. The maximum absolute atomic E-state index is 5.65. The van der Waals surface area contributed by atoms with Gasteiger partial charge < -0.3 is 9.32 Å². The Morgan fingerprint density at radius 1 is 1.12 bits per heavy atom. The fourth-order valence-electron chi connectivity index (χ4n) is 4.67. The molecule has 2 unspecified atom stereocenters. The molecular formula is C23H29N7OS. The number of fused-ring (bicyclic) bond motifs is 1. The lowest BCUT2D eigenvalue weighted by molar-refractivity contribution is 0.350. The monoisotopic (exact) mass is 451 g/mol. The van der Waals surface area contributed by atoms with Crippen LogP contribution in [0.2, 0.25) is 0 Å². The van der Waals surface area contributed by atoms with E-state index < -0.39 is 0 Å². The molecule has 0 radical (unpaired) electrons. The first-order valence-electron chi connectivity index (χ1n) is 11.1. The quantitative estimate of drug-likeness (QED) is 0.403. The summed E-state index contributed by atoms with van der Waals surface area (Å²) in [5.41, 5.74) is 3.09. The van der Waals surface area contributed by atoms with Crippen molar-refractivity contribution in [1.82, 2.24) is 29.1 Å². The van der Waals surface area contributed by atoms with Gasteiger partial charge in [0.1, 0.15) is 5.76 Å². The van der Waals surface area contributed by atoms with Gasteiger partial charge in [0, 0.05) is 36.4 Å². The molecule has 8 nitrogen and oxygen atoms in total. The summed E-state index contributed by atoms with van der Waals surface area (Å²) in [5, 5.41) is 10.0. The maximum atomic E-state index is 5.65. The molecule has 0 bridgehead atoms. The van der Waals surface area contributed by atoms with Crippen LogP contribution in [0.1, 0.15) is 43.1 Å². The summed E-state index contributed by atoms with van der Waals surface area (Å²) in [6, 6.07) is 5.99. The van der Waals surface area contributed by atoms with E-state index in [2.05, 4.69) is 57.7 Å². The number of nitrogens with zero attached hydrogens (tertiary/aromatic N) is 7. The van der Waals surface area contributed by atoms with E-state index in [1.54, 1.807) is 18.0 Å². The number of hydrogen-bond acceptors (Lipinski definition) is 7. The summed E-state index contributed by atoms with van der Waals surface area (Å²) in [5.74, 6) is 4.54. The molecule has 0 N–H and O–H groups in total. The number of thioether (sulfide) groups is 1. The average Bonchev–Trinajstić information content (AvgIpc) is 3.46. The molecule has 1 saturated heterocycles. The van der Waals surface area contributed by atoms with Gasteiger partial charge in [-0.15, -0.1) is 10.2 Å². The van der Waals surface area contributed by atoms with Crippen LogP contribution < -0.4 is 4.90 Å². The molecule has 2 atom stereocenters. The smallest absolute Gasteiger partial charge is 0.234 e. The second kappa shape index (κ2) is 8.61. The van der Waals surface area contributed by atoms with Crippen molar-refractivity contribution in [3.05, 3.63) is 53.5 Å². The van der Waals surface area contributed by atoms with Crippen molar-refractivity contribution in [2.75, 3.05) is 18.0 Å². The predicted octanol–water partition coefficient (Wildman–Crippen LogP) is 4.35. The Bertz CT molecular complexity index is 1200. The molecule has 0 aromatic carbocycles. The molecule has 4 aromatic heterocycles. The van der Waals surface area contributed by atoms with Crippen molar-refractivity contribution >= 4 is 23.5 Å². The topological polar surface area (TPSA) is 77.3 Å². The van der Waals surface area contributed by atoms with Gasteiger partial charge >= 0.3 is 0 Å². The van der Waals surface area contributed by atoms with Gasteiger partial charge in [0.2, 0.25) is 11.7 Å². The molecule has 32 heavy (non-hydrogen) atoms. The summed E-state index contributed by atoms with van der Waals surface area (Å²) in [4.78, 5) is 11.6. The van der Waals surface area contributed by atoms with Gasteiger partial charge in [-0.25, -0.2) is 9.97 Å². The normalized spacial score (nSPS) is 19.2. The lowest BCUT2D eigenvalue weighted by Gasteiger charge is -2.35. The van der Waals surface area contributed by atoms with E-state index in [9.17, 15) is 0 Å². The highest BCUT2D eigenvalue weighted by atomic mass is 32.2. The highest BCUT2D eigenvalue weighted by Crippen LogP contribution is 2.30. The molecule has 0 aliphatic carbocycles. The number of furan rings is 1. The molecule has 1 aliphatic heterocycles. The zero-order chi connectivity index (χ0) is 22.2. The van der Waals surface area contributed by atoms with E-state index in [-0.39, 0.29) is 0 Å². The maximum Gasteiger partial charge on any atom is 0.234 e. The minimum atomic E-state index is 0.613. The van der Waals surface area contributed by atoms with Gasteiger partial charge in [0.15, 0.2) is 5.16 Å². The Kier molecular flexibility index (Phi) is 5.67. The molecule has 4 aromatic rings. The van der Waals surface area contributed by atoms with Crippen molar-refractivity contribution in [3.63, 3.8) is 0 Å². The zero-order valence-corrected chi connectivity index (χ0v) is 19.8. The third-order valence-electron chi connectivity index (χ3n) is 5.90. The number of anilines is 1. The second-order valence-corrected chi connectivity index (χ2v) is 9.97. The van der Waals surface area contributed by atoms with Gasteiger partial charge in [-0.2, -0.15) is 0 Å². The van der Waals surface area contributed by atoms with Crippen molar-refractivity contribution in [2.45, 2.75) is 51.6 Å². The van der Waals surface area contributed by atoms with E-state index in [0.717, 1.165) is 52.8 Å². The molecule has 5 heterocycles. The zero-order valence-electron chi connectivity index (χ0n) is 19.0. The van der Waals surface area contributed by atoms with Gasteiger partial charge in [-0.05, 0) is 50.3 Å². The Morgan fingerprint density at radius 3 is 2.69 bits per heavy atom. The summed E-state index contributed by atoms with van der Waals surface area (Å²) in [6.45, 7) is 11.3. The lowest BCUT2D eigenvalue weighted by Crippen LogP contribution is -2.40. The van der Waals surface area contributed by atoms with Crippen LogP contribution in [0.4, 0.5) is 5.95 Å². The standard InChI is InChI=1S/C23H29N7OS/c1-15-8-16(2)11-28(10-15)22-26-27-23(30(22)13-20-6-5-7-31-20)32-14-19-12-29-18(4)9-17(3)24-21(29)25-19/h5-7,9,12,15-16H,8,10-11,13-14H2,1-4H3. The Morgan fingerprint density at radius 2 is 1.94 bits per heavy atom. The largest absolute Gasteiger partial charge is 0.467 e. The van der Waals surface area contributed by atoms with Crippen molar-refractivity contribution in [1.29, 1.82) is 0 Å². The third-order valence-corrected chi connectivity index (χ3v) is 6.90. The van der Waals surface area contributed by atoms with Gasteiger partial charge in [0.25, 0.3) is 0 Å². The third kappa shape index (κ3) is 4.26. The fraction of sp³-hybridized carbons (Fsp3) is 0.478. The highest BCUT2D eigenvalue weighted by molar-refractivity contribution is 7.98. The molecule has 0 saturated carbocycles. The number of aryl methyl sites for hydroxylation is 2. The summed E-state index contributed by atoms with van der Waals surface area (Å²) in [7, 11) is 0. The summed E-state index contributed by atoms with van der Waals surface area (Å²) < 4.78 is 9.86. The van der Waals surface area contributed by atoms with E-state index in [1.807, 2.05) is 23.5 Å². The highest BCUT2D eigenvalue weighted by Gasteiger charge is 2.27. The summed E-state index contributed by atoms with van der Waals surface area (Å²) in [6.07, 6.45) is 5.03. The molecule has 1 aliphatic rings. The number of piperidine rings is 1. The van der Waals surface area contributed by atoms with Crippen LogP contribution in [-0.2, 0) is 12.3 Å². The van der Waals surface area contributed by atoms with Crippen molar-refractivity contribution in [3.8, 4) is 0 Å². The second-order valence-electron chi connectivity index (χ2n) is 9.03. The number of aromatic nitrogens is 6. The van der Waals surface area contributed by atoms with E-state index in [0.29, 0.717) is 24.1 Å². The van der Waals surface area contributed by atoms with Crippen LogP contribution in [0.3, 0.4) is 0 Å². The van der Waals surface area contributed by atoms with Gasteiger partial charge in [-0.1, -0.05) is 25.6 Å². The Labute approximate surface area is 192 Å². The van der Waals surface area contributed by atoms with Gasteiger partial charge in [0.05, 0.1) is 18.5 Å². The van der Waals surface area contributed by atoms with Gasteiger partial charge in [-0.3, -0.25) is 8.97 Å². The number of imidazole rings is 1. The SMILES string of the molecule is Cc1cc(C)n2cc(CSc3nnc(N4CC(C)CC(C)C4)n3Cc3ccco3)nc2n1. The first kappa shape index (κ1) is 21.1. The Balaban J connectivity index is 1.42. The molecule has 1 fully saturated rings. The fourth-order valence-corrected chi connectivity index (χ4v) is 5.49. The minimum absolute atomic E-state index is 0.613. The Hall–Kier alpha value is -2.81. The number of hydrogen-bond donors (Lipinski definition) is 0. The lowest BCUT2D eigenvalue weighted by atomic mass is 9.92. The van der Waals surface area contributed by atoms with Crippen LogP contribution in [0.25, 0.3) is 5.78 Å². The average molecular weight is 452 g/mol. The molecule has 0 amide bonds. The molecule has 9 heteroatoms. The van der Waals surface area contributed by atoms with E-state index in [1.165, 1.54) is 6.42 Å². The molecule has 0 spiro atoms. The van der Waals surface area contributed by atoms with Crippen LogP contribution in [0.15, 0.2) is 40.2 Å². The van der Waals surface area contributed by atoms with Crippen LogP contribution in [0.5, 0.6) is 0 Å². The van der Waals surface area contributed by atoms with Crippen molar-refractivity contribution in [2.24, 2.45) is 11.8 Å². The summed E-state index contributed by atoms with van der Waals surface area (Å²) >= 11 is 1.65. The first-order chi connectivity index (χ1) is 15.5. The van der Waals surface area contributed by atoms with Crippen LogP contribution in [-0.4, -0.2) is 42.2 Å². The molecule has 5 rings (SSSR count). The van der Waals surface area contributed by atoms with E-state index in [4.69, 9.17) is 9.40 Å². The first-order valence-corrected chi connectivity index (χ1v) is 12.1. The molecular weight excluding hydrogens is 422 g/mol. The van der Waals surface area contributed by atoms with Crippen molar-refractivity contribution < 1.29 is 4.42 Å². The van der Waals surface area contributed by atoms with Crippen LogP contribution >= 0.6 is 11.8 Å². The van der Waals surface area contributed by atoms with Crippen LogP contribution in [0, 0.1) is 25.7 Å². The minimum Gasteiger partial charge on any atom is -0.467 e.